The molecular weight excluding hydrogens is 304 g/mol. The summed E-state index contributed by atoms with van der Waals surface area (Å²) < 4.78 is 1.32. The Morgan fingerprint density at radius 3 is 2.62 bits per heavy atom. The second-order valence-corrected chi connectivity index (χ2v) is 5.51. The molecule has 122 valence electrons. The number of aryl methyl sites for hydroxylation is 1. The number of benzene rings is 1. The Bertz CT molecular complexity index is 919. The van der Waals surface area contributed by atoms with Crippen molar-refractivity contribution >= 4 is 17.3 Å². The van der Waals surface area contributed by atoms with Crippen LogP contribution in [0.3, 0.4) is 0 Å². The van der Waals surface area contributed by atoms with Crippen molar-refractivity contribution < 1.29 is 0 Å². The number of hydrogen-bond acceptors (Lipinski definition) is 6. The highest BCUT2D eigenvalue weighted by Gasteiger charge is 2.09. The van der Waals surface area contributed by atoms with Crippen LogP contribution in [0.1, 0.15) is 0 Å². The molecule has 0 aliphatic rings. The van der Waals surface area contributed by atoms with Gasteiger partial charge in [0.15, 0.2) is 0 Å². The molecule has 0 saturated heterocycles. The summed E-state index contributed by atoms with van der Waals surface area (Å²) in [5.74, 6) is 1.50. The van der Waals surface area contributed by atoms with Gasteiger partial charge in [0.05, 0.1) is 5.69 Å². The Morgan fingerprint density at radius 1 is 1.08 bits per heavy atom. The third-order valence-corrected chi connectivity index (χ3v) is 3.54. The summed E-state index contributed by atoms with van der Waals surface area (Å²) >= 11 is 0. The van der Waals surface area contributed by atoms with Gasteiger partial charge >= 0.3 is 0 Å². The van der Waals surface area contributed by atoms with E-state index in [9.17, 15) is 4.79 Å². The lowest BCUT2D eigenvalue weighted by Crippen LogP contribution is -2.18. The molecule has 0 bridgehead atoms. The van der Waals surface area contributed by atoms with E-state index in [1.807, 2.05) is 49.3 Å². The summed E-state index contributed by atoms with van der Waals surface area (Å²) in [6.45, 7) is 0. The smallest absolute Gasteiger partial charge is 0.266 e. The monoisotopic (exact) mass is 322 g/mol. The van der Waals surface area contributed by atoms with Crippen LogP contribution in [-0.2, 0) is 7.05 Å². The van der Waals surface area contributed by atoms with Crippen LogP contribution < -0.4 is 15.8 Å². The molecule has 0 saturated carbocycles. The molecule has 0 amide bonds. The van der Waals surface area contributed by atoms with E-state index in [0.717, 1.165) is 17.1 Å². The van der Waals surface area contributed by atoms with Crippen LogP contribution >= 0.6 is 0 Å². The van der Waals surface area contributed by atoms with Crippen LogP contribution in [0.4, 0.5) is 17.3 Å². The van der Waals surface area contributed by atoms with E-state index < -0.39 is 0 Å². The fourth-order valence-electron chi connectivity index (χ4n) is 2.26. The minimum absolute atomic E-state index is 0.143. The molecule has 24 heavy (non-hydrogen) atoms. The molecule has 1 N–H and O–H groups in total. The Balaban J connectivity index is 1.99. The molecule has 0 unspecified atom stereocenters. The molecule has 3 rings (SSSR count). The molecule has 0 radical (unpaired) electrons. The van der Waals surface area contributed by atoms with Gasteiger partial charge in [-0.05, 0) is 12.1 Å². The van der Waals surface area contributed by atoms with E-state index in [2.05, 4.69) is 20.4 Å². The molecule has 0 aliphatic carbocycles. The van der Waals surface area contributed by atoms with Gasteiger partial charge in [0.25, 0.3) is 5.56 Å². The van der Waals surface area contributed by atoms with Crippen molar-refractivity contribution in [1.82, 2.24) is 19.7 Å². The number of rotatable bonds is 4. The highest BCUT2D eigenvalue weighted by molar-refractivity contribution is 5.78. The maximum Gasteiger partial charge on any atom is 0.266 e. The number of nitrogens with one attached hydrogen (secondary N) is 1. The average Bonchev–Trinajstić information content (AvgIpc) is 2.58. The quantitative estimate of drug-likeness (QED) is 0.792. The zero-order valence-corrected chi connectivity index (χ0v) is 13.8. The normalized spacial score (nSPS) is 10.5. The van der Waals surface area contributed by atoms with Gasteiger partial charge in [0.2, 0.25) is 0 Å². The summed E-state index contributed by atoms with van der Waals surface area (Å²) in [4.78, 5) is 21.9. The summed E-state index contributed by atoms with van der Waals surface area (Å²) in [5, 5.41) is 7.61. The highest BCUT2D eigenvalue weighted by Crippen LogP contribution is 2.28. The molecule has 0 spiro atoms. The van der Waals surface area contributed by atoms with Crippen molar-refractivity contribution in [1.29, 1.82) is 0 Å². The second kappa shape index (κ2) is 6.49. The van der Waals surface area contributed by atoms with Gasteiger partial charge in [-0.1, -0.05) is 18.2 Å². The minimum atomic E-state index is -0.143. The van der Waals surface area contributed by atoms with Crippen LogP contribution in [0, 0.1) is 0 Å². The largest absolute Gasteiger partial charge is 0.363 e. The maximum atomic E-state index is 11.5. The lowest BCUT2D eigenvalue weighted by atomic mass is 10.1. The molecule has 7 heteroatoms. The molecular formula is C17H18N6O. The second-order valence-electron chi connectivity index (χ2n) is 5.51. The van der Waals surface area contributed by atoms with Gasteiger partial charge in [-0.2, -0.15) is 5.10 Å². The van der Waals surface area contributed by atoms with E-state index in [-0.39, 0.29) is 5.56 Å². The molecule has 1 aromatic carbocycles. The molecule has 0 aliphatic heterocycles. The number of hydrogen-bond donors (Lipinski definition) is 1. The lowest BCUT2D eigenvalue weighted by Gasteiger charge is -2.14. The summed E-state index contributed by atoms with van der Waals surface area (Å²) in [5.41, 5.74) is 2.31. The molecule has 2 heterocycles. The fourth-order valence-corrected chi connectivity index (χ4v) is 2.26. The van der Waals surface area contributed by atoms with Gasteiger partial charge in [0.1, 0.15) is 18.0 Å². The van der Waals surface area contributed by atoms with Crippen molar-refractivity contribution in [2.24, 2.45) is 7.05 Å². The van der Waals surface area contributed by atoms with Crippen molar-refractivity contribution in [3.05, 3.63) is 59.1 Å². The third-order valence-electron chi connectivity index (χ3n) is 3.54. The molecule has 3 aromatic rings. The van der Waals surface area contributed by atoms with Crippen LogP contribution in [-0.4, -0.2) is 33.8 Å². The zero-order chi connectivity index (χ0) is 17.1. The minimum Gasteiger partial charge on any atom is -0.363 e. The third kappa shape index (κ3) is 3.24. The topological polar surface area (TPSA) is 75.9 Å². The molecule has 0 fully saturated rings. The zero-order valence-electron chi connectivity index (χ0n) is 13.8. The van der Waals surface area contributed by atoms with Gasteiger partial charge < -0.3 is 10.2 Å². The summed E-state index contributed by atoms with van der Waals surface area (Å²) in [7, 11) is 5.48. The van der Waals surface area contributed by atoms with Crippen LogP contribution in [0.2, 0.25) is 0 Å². The molecule has 7 nitrogen and oxygen atoms in total. The van der Waals surface area contributed by atoms with E-state index in [1.54, 1.807) is 13.1 Å². The standard InChI is InChI=1S/C17H18N6O/c1-22(2)16-10-15(18-11-19-16)20-13-7-5-4-6-12(13)14-8-9-17(24)23(3)21-14/h4-11H,1-3H3,(H,18,19,20). The first kappa shape index (κ1) is 15.7. The van der Waals surface area contributed by atoms with Gasteiger partial charge in [-0.3, -0.25) is 4.79 Å². The fraction of sp³-hybridized carbons (Fsp3) is 0.176. The Kier molecular flexibility index (Phi) is 4.24. The van der Waals surface area contributed by atoms with E-state index in [4.69, 9.17) is 0 Å². The highest BCUT2D eigenvalue weighted by atomic mass is 16.1. The predicted octanol–water partition coefficient (Wildman–Crippen LogP) is 2.05. The first-order valence-electron chi connectivity index (χ1n) is 7.45. The Morgan fingerprint density at radius 2 is 1.88 bits per heavy atom. The van der Waals surface area contributed by atoms with Crippen molar-refractivity contribution in [2.45, 2.75) is 0 Å². The van der Waals surface area contributed by atoms with E-state index in [1.165, 1.54) is 17.1 Å². The summed E-state index contributed by atoms with van der Waals surface area (Å²) in [6.07, 6.45) is 1.52. The average molecular weight is 322 g/mol. The SMILES string of the molecule is CN(C)c1cc(Nc2ccccc2-c2ccc(=O)n(C)n2)ncn1. The Hall–Kier alpha value is -3.22. The summed E-state index contributed by atoms with van der Waals surface area (Å²) in [6, 6.07) is 12.8. The Labute approximate surface area is 139 Å². The predicted molar refractivity (Wildman–Crippen MR) is 94.6 cm³/mol. The first-order chi connectivity index (χ1) is 11.5. The van der Waals surface area contributed by atoms with E-state index in [0.29, 0.717) is 11.5 Å². The first-order valence-corrected chi connectivity index (χ1v) is 7.45. The van der Waals surface area contributed by atoms with Gasteiger partial charge in [0, 0.05) is 44.5 Å². The van der Waals surface area contributed by atoms with Crippen LogP contribution in [0.25, 0.3) is 11.3 Å². The molecule has 0 atom stereocenters. The van der Waals surface area contributed by atoms with Crippen LogP contribution in [0.15, 0.2) is 53.6 Å². The van der Waals surface area contributed by atoms with E-state index >= 15 is 0 Å². The number of anilines is 3. The number of aromatic nitrogens is 4. The number of para-hydroxylation sites is 1. The van der Waals surface area contributed by atoms with Crippen molar-refractivity contribution in [2.75, 3.05) is 24.3 Å². The van der Waals surface area contributed by atoms with Gasteiger partial charge in [-0.15, -0.1) is 0 Å². The number of nitrogens with zero attached hydrogens (tertiary/aromatic N) is 5. The van der Waals surface area contributed by atoms with Gasteiger partial charge in [-0.25, -0.2) is 14.6 Å². The lowest BCUT2D eigenvalue weighted by molar-refractivity contribution is 0.712. The maximum absolute atomic E-state index is 11.5. The molecule has 2 aromatic heterocycles. The van der Waals surface area contributed by atoms with Crippen molar-refractivity contribution in [3.8, 4) is 11.3 Å². The van der Waals surface area contributed by atoms with Crippen molar-refractivity contribution in [3.63, 3.8) is 0 Å². The van der Waals surface area contributed by atoms with Crippen LogP contribution in [0.5, 0.6) is 0 Å².